The molecule has 1 aromatic heterocycles. The molecule has 45 heavy (non-hydrogen) atoms. The van der Waals surface area contributed by atoms with Gasteiger partial charge in [-0.3, -0.25) is 14.4 Å². The number of carbonyl (C=O) groups excluding carboxylic acids is 3. The molecule has 4 N–H and O–H groups in total. The lowest BCUT2D eigenvalue weighted by Gasteiger charge is -2.25. The van der Waals surface area contributed by atoms with E-state index in [1.807, 2.05) is 91.0 Å². The second kappa shape index (κ2) is 17.3. The lowest BCUT2D eigenvalue weighted by atomic mass is 10.1. The van der Waals surface area contributed by atoms with E-state index in [0.29, 0.717) is 6.54 Å². The van der Waals surface area contributed by atoms with Gasteiger partial charge in [0.25, 0.3) is 5.91 Å². The summed E-state index contributed by atoms with van der Waals surface area (Å²) in [6, 6.07) is 26.9. The molecule has 10 nitrogen and oxygen atoms in total. The molecule has 0 spiro atoms. The van der Waals surface area contributed by atoms with Crippen molar-refractivity contribution in [3.63, 3.8) is 0 Å². The Morgan fingerprint density at radius 1 is 0.911 bits per heavy atom. The molecule has 3 amide bonds. The fourth-order valence-electron chi connectivity index (χ4n) is 4.37. The van der Waals surface area contributed by atoms with Gasteiger partial charge in [-0.15, -0.1) is 24.8 Å². The largest absolute Gasteiger partial charge is 0.374 e. The molecule has 0 radical (unpaired) electrons. The van der Waals surface area contributed by atoms with Crippen LogP contribution in [0.5, 0.6) is 0 Å². The highest BCUT2D eigenvalue weighted by Gasteiger charge is 2.30. The number of anilines is 1. The molecule has 12 heteroatoms. The maximum absolute atomic E-state index is 13.8. The predicted octanol–water partition coefficient (Wildman–Crippen LogP) is 4.35. The molecule has 240 valence electrons. The van der Waals surface area contributed by atoms with Crippen LogP contribution in [-0.2, 0) is 32.3 Å². The molecule has 4 aromatic rings. The van der Waals surface area contributed by atoms with Gasteiger partial charge in [-0.1, -0.05) is 91.0 Å². The van der Waals surface area contributed by atoms with E-state index in [4.69, 9.17) is 10.5 Å². The van der Waals surface area contributed by atoms with Crippen molar-refractivity contribution < 1.29 is 19.1 Å². The van der Waals surface area contributed by atoms with Crippen LogP contribution in [0.3, 0.4) is 0 Å². The van der Waals surface area contributed by atoms with Crippen LogP contribution in [0.1, 0.15) is 36.6 Å². The Balaban J connectivity index is 0.00000353. The van der Waals surface area contributed by atoms with E-state index in [1.54, 1.807) is 36.6 Å². The van der Waals surface area contributed by atoms with Gasteiger partial charge in [0.15, 0.2) is 5.82 Å². The highest BCUT2D eigenvalue weighted by Crippen LogP contribution is 2.23. The van der Waals surface area contributed by atoms with Crippen molar-refractivity contribution in [1.29, 1.82) is 0 Å². The number of nitrogens with one attached hydrogen (secondary N) is 2. The number of nitrogens with zero attached hydrogens (tertiary/aromatic N) is 3. The zero-order valence-corrected chi connectivity index (χ0v) is 27.1. The van der Waals surface area contributed by atoms with Crippen molar-refractivity contribution >= 4 is 48.4 Å². The van der Waals surface area contributed by atoms with Crippen LogP contribution < -0.4 is 16.4 Å². The summed E-state index contributed by atoms with van der Waals surface area (Å²) in [5.74, 6) is -0.953. The van der Waals surface area contributed by atoms with E-state index < -0.39 is 29.4 Å². The smallest absolute Gasteiger partial charge is 0.250 e. The molecule has 0 fully saturated rings. The Bertz CT molecular complexity index is 1500. The lowest BCUT2D eigenvalue weighted by Crippen LogP contribution is -2.56. The lowest BCUT2D eigenvalue weighted by molar-refractivity contribution is -0.132. The highest BCUT2D eigenvalue weighted by molar-refractivity contribution is 5.98. The topological polar surface area (TPSA) is 132 Å². The number of nitrogens with two attached hydrogens (primary N) is 1. The fraction of sp³-hybridized carbons (Fsp3) is 0.273. The number of likely N-dealkylation sites (N-methyl/N-ethyl adjacent to an activating group) is 1. The molecule has 0 saturated carbocycles. The Morgan fingerprint density at radius 3 is 2.04 bits per heavy atom. The molecule has 0 aliphatic heterocycles. The van der Waals surface area contributed by atoms with Crippen LogP contribution in [0.4, 0.5) is 5.82 Å². The van der Waals surface area contributed by atoms with E-state index in [1.165, 1.54) is 6.33 Å². The molecule has 2 atom stereocenters. The quantitative estimate of drug-likeness (QED) is 0.196. The number of aromatic nitrogens is 2. The van der Waals surface area contributed by atoms with E-state index in [2.05, 4.69) is 15.6 Å². The second-order valence-corrected chi connectivity index (χ2v) is 10.9. The predicted molar refractivity (Wildman–Crippen MR) is 179 cm³/mol. The number of carbonyl (C=O) groups is 3. The van der Waals surface area contributed by atoms with Crippen LogP contribution in [0.2, 0.25) is 0 Å². The van der Waals surface area contributed by atoms with Gasteiger partial charge < -0.3 is 30.6 Å². The third-order valence-corrected chi connectivity index (χ3v) is 6.74. The fourth-order valence-corrected chi connectivity index (χ4v) is 4.37. The van der Waals surface area contributed by atoms with Gasteiger partial charge in [-0.2, -0.15) is 0 Å². The summed E-state index contributed by atoms with van der Waals surface area (Å²) in [5.41, 5.74) is 7.46. The van der Waals surface area contributed by atoms with Gasteiger partial charge in [0, 0.05) is 19.8 Å². The molecule has 3 aromatic carbocycles. The number of amides is 3. The Kier molecular flexibility index (Phi) is 14.2. The highest BCUT2D eigenvalue weighted by atomic mass is 35.5. The van der Waals surface area contributed by atoms with Crippen molar-refractivity contribution in [3.8, 4) is 0 Å². The second-order valence-electron chi connectivity index (χ2n) is 10.9. The molecule has 0 saturated heterocycles. The number of imidazole rings is 1. The monoisotopic (exact) mass is 654 g/mol. The first-order valence-corrected chi connectivity index (χ1v) is 14.0. The van der Waals surface area contributed by atoms with Crippen LogP contribution in [0, 0.1) is 0 Å². The third kappa shape index (κ3) is 10.7. The zero-order chi connectivity index (χ0) is 30.8. The first-order chi connectivity index (χ1) is 20.6. The summed E-state index contributed by atoms with van der Waals surface area (Å²) in [6.45, 7) is 3.72. The zero-order valence-electron chi connectivity index (χ0n) is 25.5. The van der Waals surface area contributed by atoms with E-state index in [9.17, 15) is 14.4 Å². The maximum atomic E-state index is 13.8. The Morgan fingerprint density at radius 2 is 1.47 bits per heavy atom. The summed E-state index contributed by atoms with van der Waals surface area (Å²) in [5, 5.41) is 5.43. The summed E-state index contributed by atoms with van der Waals surface area (Å²) in [7, 11) is 1.76. The molecule has 0 aliphatic carbocycles. The maximum Gasteiger partial charge on any atom is 0.250 e. The molecule has 1 unspecified atom stereocenters. The standard InChI is InChI=1S/C33H38N6O4.2ClH/c1-33(2,34)32(42)36-27(22-43-21-25-15-9-5-10-16-25)30(40)37-28-20-39(23-35-28)29(26-17-11-6-12-18-26)31(41)38(3)19-24-13-7-4-8-14-24;;/h4-18,20,23,27,29H,19,21-22,34H2,1-3H3,(H,36,42)(H,37,40);2*1H/t27-,29?;;/m1../s1. The molecular weight excluding hydrogens is 615 g/mol. The minimum atomic E-state index is -1.20. The Hall–Kier alpha value is -4.22. The van der Waals surface area contributed by atoms with E-state index >= 15 is 0 Å². The number of benzene rings is 3. The molecule has 0 bridgehead atoms. The van der Waals surface area contributed by atoms with Gasteiger partial charge in [0.05, 0.1) is 25.1 Å². The summed E-state index contributed by atoms with van der Waals surface area (Å²) < 4.78 is 7.43. The van der Waals surface area contributed by atoms with Gasteiger partial charge in [-0.25, -0.2) is 4.98 Å². The SMILES string of the molecule is CN(Cc1ccccc1)C(=O)C(c1ccccc1)n1cnc(NC(=O)[C@@H](COCc2ccccc2)NC(=O)C(C)(C)N)c1.Cl.Cl. The van der Waals surface area contributed by atoms with Crippen molar-refractivity contribution in [1.82, 2.24) is 19.8 Å². The first-order valence-electron chi connectivity index (χ1n) is 14.0. The van der Waals surface area contributed by atoms with E-state index in [0.717, 1.165) is 16.7 Å². The van der Waals surface area contributed by atoms with Crippen molar-refractivity contribution in [3.05, 3.63) is 120 Å². The number of ether oxygens (including phenoxy) is 1. The van der Waals surface area contributed by atoms with Gasteiger partial charge in [0.2, 0.25) is 11.8 Å². The molecular formula is C33H40Cl2N6O4. The summed E-state index contributed by atoms with van der Waals surface area (Å²) in [4.78, 5) is 45.8. The Labute approximate surface area is 276 Å². The van der Waals surface area contributed by atoms with Gasteiger partial charge in [-0.05, 0) is 30.5 Å². The molecule has 1 heterocycles. The number of rotatable bonds is 13. The minimum Gasteiger partial charge on any atom is -0.374 e. The summed E-state index contributed by atoms with van der Waals surface area (Å²) in [6.07, 6.45) is 3.10. The average Bonchev–Trinajstić information content (AvgIpc) is 3.45. The van der Waals surface area contributed by atoms with E-state index in [-0.39, 0.29) is 49.8 Å². The summed E-state index contributed by atoms with van der Waals surface area (Å²) >= 11 is 0. The normalized spacial score (nSPS) is 12.1. The number of halogens is 2. The van der Waals surface area contributed by atoms with Crippen LogP contribution >= 0.6 is 24.8 Å². The average molecular weight is 656 g/mol. The van der Waals surface area contributed by atoms with Crippen LogP contribution in [-0.4, -0.2) is 57.4 Å². The van der Waals surface area contributed by atoms with Crippen LogP contribution in [0.25, 0.3) is 0 Å². The number of hydrogen-bond donors (Lipinski definition) is 3. The van der Waals surface area contributed by atoms with Crippen molar-refractivity contribution in [2.45, 2.75) is 44.6 Å². The minimum absolute atomic E-state index is 0. The van der Waals surface area contributed by atoms with Gasteiger partial charge >= 0.3 is 0 Å². The first kappa shape index (κ1) is 37.0. The molecule has 4 rings (SSSR count). The van der Waals surface area contributed by atoms with Crippen molar-refractivity contribution in [2.24, 2.45) is 5.73 Å². The third-order valence-electron chi connectivity index (χ3n) is 6.74. The van der Waals surface area contributed by atoms with Crippen molar-refractivity contribution in [2.75, 3.05) is 19.0 Å². The van der Waals surface area contributed by atoms with Gasteiger partial charge in [0.1, 0.15) is 12.1 Å². The van der Waals surface area contributed by atoms with Crippen LogP contribution in [0.15, 0.2) is 104 Å². The molecule has 0 aliphatic rings. The number of hydrogen-bond acceptors (Lipinski definition) is 6.